The van der Waals surface area contributed by atoms with E-state index in [1.54, 1.807) is 0 Å². The van der Waals surface area contributed by atoms with Crippen molar-refractivity contribution in [3.63, 3.8) is 0 Å². The summed E-state index contributed by atoms with van der Waals surface area (Å²) in [5.41, 5.74) is 2.52. The van der Waals surface area contributed by atoms with Gasteiger partial charge in [0.2, 0.25) is 0 Å². The fraction of sp³-hybridized carbons (Fsp3) is 0.562. The molecule has 3 nitrogen and oxygen atoms in total. The van der Waals surface area contributed by atoms with E-state index in [0.717, 1.165) is 0 Å². The van der Waals surface area contributed by atoms with Gasteiger partial charge in [0.1, 0.15) is 5.82 Å². The molecule has 0 amide bonds. The number of hydrogen-bond donors (Lipinski definition) is 0. The highest BCUT2D eigenvalue weighted by Gasteiger charge is 2.24. The van der Waals surface area contributed by atoms with E-state index >= 15 is 0 Å². The predicted octanol–water partition coefficient (Wildman–Crippen LogP) is 3.23. The smallest absolute Gasteiger partial charge is 0.116 e. The second-order valence-corrected chi connectivity index (χ2v) is 6.02. The molecule has 0 atom stereocenters. The van der Waals surface area contributed by atoms with Crippen molar-refractivity contribution in [1.82, 2.24) is 14.3 Å². The summed E-state index contributed by atoms with van der Waals surface area (Å²) in [4.78, 5) is 7.24. The Bertz CT molecular complexity index is 562. The Morgan fingerprint density at radius 1 is 1.26 bits per heavy atom. The number of hydrogen-bond acceptors (Lipinski definition) is 2. The topological polar surface area (TPSA) is 20.5 Å². The molecule has 0 unspecified atom stereocenters. The van der Waals surface area contributed by atoms with Crippen LogP contribution in [-0.4, -0.2) is 33.4 Å². The Hall–Kier alpha value is -1.35. The van der Waals surface area contributed by atoms with Crippen LogP contribution in [0.4, 0.5) is 0 Å². The first-order valence-electron chi connectivity index (χ1n) is 7.33. The van der Waals surface area contributed by atoms with Gasteiger partial charge in [0.25, 0.3) is 0 Å². The summed E-state index contributed by atoms with van der Waals surface area (Å²) in [6, 6.07) is 5.04. The molecule has 2 aromatic heterocycles. The van der Waals surface area contributed by atoms with Gasteiger partial charge in [-0.05, 0) is 64.4 Å². The molecule has 19 heavy (non-hydrogen) atoms. The largest absolute Gasteiger partial charge is 0.304 e. The quantitative estimate of drug-likeness (QED) is 0.823. The maximum Gasteiger partial charge on any atom is 0.116 e. The van der Waals surface area contributed by atoms with Crippen LogP contribution >= 0.6 is 0 Å². The number of rotatable bonds is 2. The van der Waals surface area contributed by atoms with Gasteiger partial charge in [-0.25, -0.2) is 4.98 Å². The monoisotopic (exact) mass is 257 g/mol. The van der Waals surface area contributed by atoms with Crippen LogP contribution in [-0.2, 0) is 0 Å². The molecule has 1 saturated heterocycles. The highest BCUT2D eigenvalue weighted by molar-refractivity contribution is 5.48. The third kappa shape index (κ3) is 2.39. The van der Waals surface area contributed by atoms with Crippen molar-refractivity contribution in [2.75, 3.05) is 13.1 Å². The Morgan fingerprint density at radius 3 is 2.68 bits per heavy atom. The standard InChI is InChI=1S/C16H23N3/c1-12(2)18-7-5-14(6-8-18)16-17-11-15-10-13(3)4-9-19(15)16/h4,9-12,14H,5-8H2,1-3H3. The van der Waals surface area contributed by atoms with Crippen molar-refractivity contribution in [1.29, 1.82) is 0 Å². The Labute approximate surface area is 115 Å². The van der Waals surface area contributed by atoms with Gasteiger partial charge in [0.15, 0.2) is 0 Å². The van der Waals surface area contributed by atoms with Crippen LogP contribution in [0.5, 0.6) is 0 Å². The lowest BCUT2D eigenvalue weighted by atomic mass is 9.95. The molecule has 0 N–H and O–H groups in total. The summed E-state index contributed by atoms with van der Waals surface area (Å²) in [5, 5.41) is 0. The van der Waals surface area contributed by atoms with Crippen LogP contribution in [0.15, 0.2) is 24.5 Å². The molecule has 102 valence electrons. The van der Waals surface area contributed by atoms with Crippen molar-refractivity contribution in [2.45, 2.75) is 45.6 Å². The minimum Gasteiger partial charge on any atom is -0.304 e. The molecule has 3 heteroatoms. The fourth-order valence-corrected chi connectivity index (χ4v) is 3.11. The minimum atomic E-state index is 0.611. The van der Waals surface area contributed by atoms with Crippen molar-refractivity contribution in [3.05, 3.63) is 35.9 Å². The predicted molar refractivity (Wildman–Crippen MR) is 78.6 cm³/mol. The van der Waals surface area contributed by atoms with E-state index in [0.29, 0.717) is 12.0 Å². The van der Waals surface area contributed by atoms with Gasteiger partial charge in [-0.3, -0.25) is 0 Å². The second kappa shape index (κ2) is 4.97. The number of likely N-dealkylation sites (tertiary alicyclic amines) is 1. The summed E-state index contributed by atoms with van der Waals surface area (Å²) in [6.07, 6.45) is 6.63. The third-order valence-corrected chi connectivity index (χ3v) is 4.34. The van der Waals surface area contributed by atoms with Gasteiger partial charge in [-0.1, -0.05) is 0 Å². The molecule has 0 radical (unpaired) electrons. The molecule has 3 heterocycles. The van der Waals surface area contributed by atoms with Gasteiger partial charge in [0, 0.05) is 18.2 Å². The van der Waals surface area contributed by atoms with Crippen LogP contribution in [0.2, 0.25) is 0 Å². The van der Waals surface area contributed by atoms with E-state index in [1.807, 2.05) is 6.20 Å². The number of imidazole rings is 1. The van der Waals surface area contributed by atoms with Gasteiger partial charge in [0.05, 0.1) is 11.7 Å². The van der Waals surface area contributed by atoms with Gasteiger partial charge in [-0.15, -0.1) is 0 Å². The van der Waals surface area contributed by atoms with E-state index in [9.17, 15) is 0 Å². The van der Waals surface area contributed by atoms with Crippen LogP contribution < -0.4 is 0 Å². The molecule has 1 aliphatic rings. The van der Waals surface area contributed by atoms with E-state index in [4.69, 9.17) is 0 Å². The first kappa shape index (κ1) is 12.7. The lowest BCUT2D eigenvalue weighted by Crippen LogP contribution is -2.38. The SMILES string of the molecule is Cc1ccn2c(C3CCN(C(C)C)CC3)ncc2c1. The van der Waals surface area contributed by atoms with E-state index in [1.165, 1.54) is 42.8 Å². The number of piperidine rings is 1. The first-order valence-corrected chi connectivity index (χ1v) is 7.33. The van der Waals surface area contributed by atoms with Crippen molar-refractivity contribution < 1.29 is 0 Å². The van der Waals surface area contributed by atoms with Gasteiger partial charge in [-0.2, -0.15) is 0 Å². The van der Waals surface area contributed by atoms with Gasteiger partial charge >= 0.3 is 0 Å². The normalized spacial score (nSPS) is 18.5. The summed E-state index contributed by atoms with van der Waals surface area (Å²) in [7, 11) is 0. The molecule has 1 aliphatic heterocycles. The van der Waals surface area contributed by atoms with Crippen molar-refractivity contribution >= 4 is 5.52 Å². The maximum atomic E-state index is 4.67. The highest BCUT2D eigenvalue weighted by atomic mass is 15.2. The number of aryl methyl sites for hydroxylation is 1. The number of pyridine rings is 1. The first-order chi connectivity index (χ1) is 9.15. The number of nitrogens with zero attached hydrogens (tertiary/aromatic N) is 3. The summed E-state index contributed by atoms with van der Waals surface area (Å²) in [6.45, 7) is 9.10. The third-order valence-electron chi connectivity index (χ3n) is 4.34. The second-order valence-electron chi connectivity index (χ2n) is 6.02. The maximum absolute atomic E-state index is 4.67. The van der Waals surface area contributed by atoms with Crippen LogP contribution in [0.3, 0.4) is 0 Å². The average molecular weight is 257 g/mol. The summed E-state index contributed by atoms with van der Waals surface area (Å²) < 4.78 is 2.27. The molecule has 0 aliphatic carbocycles. The highest BCUT2D eigenvalue weighted by Crippen LogP contribution is 2.28. The molecule has 0 aromatic carbocycles. The van der Waals surface area contributed by atoms with Crippen LogP contribution in [0.25, 0.3) is 5.52 Å². The zero-order chi connectivity index (χ0) is 13.4. The summed E-state index contributed by atoms with van der Waals surface area (Å²) in [5.74, 6) is 1.86. The van der Waals surface area contributed by atoms with E-state index in [2.05, 4.69) is 53.4 Å². The van der Waals surface area contributed by atoms with Crippen molar-refractivity contribution in [2.24, 2.45) is 0 Å². The Kier molecular flexibility index (Phi) is 3.31. The molecule has 2 aromatic rings. The minimum absolute atomic E-state index is 0.611. The van der Waals surface area contributed by atoms with E-state index < -0.39 is 0 Å². The lowest BCUT2D eigenvalue weighted by molar-refractivity contribution is 0.169. The fourth-order valence-electron chi connectivity index (χ4n) is 3.11. The Morgan fingerprint density at radius 2 is 2.00 bits per heavy atom. The zero-order valence-electron chi connectivity index (χ0n) is 12.1. The molecule has 1 fully saturated rings. The van der Waals surface area contributed by atoms with Crippen LogP contribution in [0, 0.1) is 6.92 Å². The molecule has 3 rings (SSSR count). The average Bonchev–Trinajstić information content (AvgIpc) is 2.81. The molecule has 0 bridgehead atoms. The van der Waals surface area contributed by atoms with Gasteiger partial charge < -0.3 is 9.30 Å². The van der Waals surface area contributed by atoms with Crippen molar-refractivity contribution in [3.8, 4) is 0 Å². The zero-order valence-corrected chi connectivity index (χ0v) is 12.1. The Balaban J connectivity index is 1.82. The number of aromatic nitrogens is 2. The number of fused-ring (bicyclic) bond motifs is 1. The van der Waals surface area contributed by atoms with E-state index in [-0.39, 0.29) is 0 Å². The van der Waals surface area contributed by atoms with Crippen LogP contribution in [0.1, 0.15) is 44.0 Å². The molecular weight excluding hydrogens is 234 g/mol. The summed E-state index contributed by atoms with van der Waals surface area (Å²) >= 11 is 0. The molecule has 0 saturated carbocycles. The lowest BCUT2D eigenvalue weighted by Gasteiger charge is -2.34. The molecular formula is C16H23N3. The molecule has 0 spiro atoms.